The molecule has 0 saturated carbocycles. The van der Waals surface area contributed by atoms with Crippen LogP contribution >= 0.6 is 22.7 Å². The average Bonchev–Trinajstić information content (AvgIpc) is 3.55. The van der Waals surface area contributed by atoms with Crippen molar-refractivity contribution < 1.29 is 14.3 Å². The molecule has 37 heavy (non-hydrogen) atoms. The number of unbranched alkanes of at least 4 members (excludes halogenated alkanes) is 1. The highest BCUT2D eigenvalue weighted by Gasteiger charge is 2.12. The summed E-state index contributed by atoms with van der Waals surface area (Å²) in [6, 6.07) is 17.4. The summed E-state index contributed by atoms with van der Waals surface area (Å²) in [5.74, 6) is 0.865. The maximum Gasteiger partial charge on any atom is 0.230 e. The quantitative estimate of drug-likeness (QED) is 0.229. The van der Waals surface area contributed by atoms with Gasteiger partial charge in [-0.05, 0) is 42.5 Å². The predicted molar refractivity (Wildman–Crippen MR) is 145 cm³/mol. The summed E-state index contributed by atoms with van der Waals surface area (Å²) in [5.41, 5.74) is 2.05. The number of nitrogens with zero attached hydrogens (tertiary/aromatic N) is 4. The molecular weight excluding hydrogens is 506 g/mol. The zero-order valence-electron chi connectivity index (χ0n) is 20.7. The van der Waals surface area contributed by atoms with Crippen molar-refractivity contribution in [3.05, 3.63) is 80.7 Å². The van der Waals surface area contributed by atoms with E-state index in [-0.39, 0.29) is 11.7 Å². The predicted octanol–water partition coefficient (Wildman–Crippen LogP) is 4.89. The zero-order valence-corrected chi connectivity index (χ0v) is 22.3. The van der Waals surface area contributed by atoms with Crippen LogP contribution in [0.15, 0.2) is 54.6 Å². The molecule has 0 atom stereocenters. The third-order valence-corrected chi connectivity index (χ3v) is 7.52. The topological polar surface area (TPSA) is 107 Å². The fourth-order valence-corrected chi connectivity index (χ4v) is 5.44. The largest absolute Gasteiger partial charge is 0.497 e. The number of anilines is 1. The monoisotopic (exact) mass is 535 g/mol. The Balaban J connectivity index is 1.13. The summed E-state index contributed by atoms with van der Waals surface area (Å²) in [5, 5.41) is 22.7. The van der Waals surface area contributed by atoms with Crippen molar-refractivity contribution in [3.8, 4) is 5.75 Å². The number of hydrogen-bond acceptors (Lipinski definition) is 9. The highest BCUT2D eigenvalue weighted by Crippen LogP contribution is 2.20. The van der Waals surface area contributed by atoms with E-state index in [2.05, 4.69) is 25.7 Å². The molecule has 8 nitrogen and oxygen atoms in total. The van der Waals surface area contributed by atoms with Gasteiger partial charge in [-0.15, -0.1) is 31.7 Å². The fourth-order valence-electron chi connectivity index (χ4n) is 3.73. The minimum Gasteiger partial charge on any atom is -0.497 e. The SMILES string of the molecule is COc1cccc(CCC(=O)Cc2nnc(CCCCc3nnc(NC(=O)Cc4ccccc4)s3)s2)c1. The summed E-state index contributed by atoms with van der Waals surface area (Å²) in [6.45, 7) is 0. The Hall–Kier alpha value is -3.50. The van der Waals surface area contributed by atoms with Gasteiger partial charge in [0, 0.05) is 19.3 Å². The smallest absolute Gasteiger partial charge is 0.230 e. The number of nitrogens with one attached hydrogen (secondary N) is 1. The van der Waals surface area contributed by atoms with Crippen molar-refractivity contribution in [1.29, 1.82) is 0 Å². The number of methoxy groups -OCH3 is 1. The van der Waals surface area contributed by atoms with Gasteiger partial charge < -0.3 is 10.1 Å². The number of ether oxygens (including phenoxy) is 1. The molecule has 0 saturated heterocycles. The first-order chi connectivity index (χ1) is 18.1. The van der Waals surface area contributed by atoms with Crippen molar-refractivity contribution in [2.75, 3.05) is 12.4 Å². The van der Waals surface area contributed by atoms with E-state index in [4.69, 9.17) is 4.74 Å². The van der Waals surface area contributed by atoms with E-state index in [1.807, 2.05) is 54.6 Å². The van der Waals surface area contributed by atoms with Gasteiger partial charge in [-0.25, -0.2) is 0 Å². The molecule has 2 aromatic carbocycles. The lowest BCUT2D eigenvalue weighted by molar-refractivity contribution is -0.118. The molecule has 4 aromatic rings. The first-order valence-corrected chi connectivity index (χ1v) is 13.8. The third kappa shape index (κ3) is 8.83. The molecule has 1 amide bonds. The molecular formula is C27H29N5O3S2. The number of ketones is 1. The summed E-state index contributed by atoms with van der Waals surface area (Å²) in [4.78, 5) is 24.6. The van der Waals surface area contributed by atoms with Crippen molar-refractivity contribution in [2.45, 2.75) is 51.4 Å². The molecule has 0 aliphatic carbocycles. The number of hydrogen-bond donors (Lipinski definition) is 1. The average molecular weight is 536 g/mol. The lowest BCUT2D eigenvalue weighted by atomic mass is 10.1. The van der Waals surface area contributed by atoms with E-state index < -0.39 is 0 Å². The lowest BCUT2D eigenvalue weighted by Crippen LogP contribution is -2.14. The van der Waals surface area contributed by atoms with Crippen LogP contribution in [0.5, 0.6) is 5.75 Å². The van der Waals surface area contributed by atoms with Crippen LogP contribution in [0.4, 0.5) is 5.13 Å². The molecule has 0 fully saturated rings. The third-order valence-electron chi connectivity index (χ3n) is 5.64. The molecule has 2 heterocycles. The number of carbonyl (C=O) groups is 2. The normalized spacial score (nSPS) is 10.8. The van der Waals surface area contributed by atoms with E-state index in [0.29, 0.717) is 30.8 Å². The molecule has 1 N–H and O–H groups in total. The fraction of sp³-hybridized carbons (Fsp3) is 0.333. The molecule has 0 aliphatic rings. The zero-order chi connectivity index (χ0) is 25.9. The molecule has 0 unspecified atom stereocenters. The van der Waals surface area contributed by atoms with Crippen LogP contribution in [-0.4, -0.2) is 39.2 Å². The van der Waals surface area contributed by atoms with Gasteiger partial charge in [-0.1, -0.05) is 53.8 Å². The first kappa shape index (κ1) is 26.6. The summed E-state index contributed by atoms with van der Waals surface area (Å²) >= 11 is 2.92. The second-order valence-electron chi connectivity index (χ2n) is 8.58. The number of benzene rings is 2. The van der Waals surface area contributed by atoms with Crippen LogP contribution in [0.25, 0.3) is 0 Å². The minimum atomic E-state index is -0.0975. The Morgan fingerprint density at radius 3 is 2.27 bits per heavy atom. The van der Waals surface area contributed by atoms with Crippen LogP contribution in [0.1, 0.15) is 45.4 Å². The molecule has 0 bridgehead atoms. The summed E-state index contributed by atoms with van der Waals surface area (Å²) < 4.78 is 5.24. The van der Waals surface area contributed by atoms with Crippen LogP contribution in [0.2, 0.25) is 0 Å². The Bertz CT molecular complexity index is 1310. The van der Waals surface area contributed by atoms with Gasteiger partial charge in [0.1, 0.15) is 26.6 Å². The molecule has 10 heteroatoms. The van der Waals surface area contributed by atoms with Crippen molar-refractivity contribution in [2.24, 2.45) is 0 Å². The van der Waals surface area contributed by atoms with E-state index in [0.717, 1.165) is 57.6 Å². The number of rotatable bonds is 14. The molecule has 4 rings (SSSR count). The number of carbonyl (C=O) groups excluding carboxylic acids is 2. The Kier molecular flexibility index (Phi) is 9.84. The Morgan fingerprint density at radius 1 is 0.784 bits per heavy atom. The number of amides is 1. The molecule has 0 radical (unpaired) electrons. The lowest BCUT2D eigenvalue weighted by Gasteiger charge is -2.03. The van der Waals surface area contributed by atoms with E-state index >= 15 is 0 Å². The highest BCUT2D eigenvalue weighted by molar-refractivity contribution is 7.15. The van der Waals surface area contributed by atoms with Crippen LogP contribution in [0, 0.1) is 0 Å². The number of Topliss-reactive ketones (excluding diaryl/α,β-unsaturated/α-hetero) is 1. The van der Waals surface area contributed by atoms with Gasteiger partial charge in [0.05, 0.1) is 20.0 Å². The van der Waals surface area contributed by atoms with Crippen LogP contribution in [0.3, 0.4) is 0 Å². The highest BCUT2D eigenvalue weighted by atomic mass is 32.1. The van der Waals surface area contributed by atoms with Gasteiger partial charge in [-0.2, -0.15) is 0 Å². The molecule has 2 aromatic heterocycles. The maximum absolute atomic E-state index is 12.4. The number of aromatic nitrogens is 4. The molecule has 192 valence electrons. The first-order valence-electron chi connectivity index (χ1n) is 12.2. The van der Waals surface area contributed by atoms with Gasteiger partial charge in [0.25, 0.3) is 0 Å². The second kappa shape index (κ2) is 13.7. The minimum absolute atomic E-state index is 0.0975. The van der Waals surface area contributed by atoms with Crippen molar-refractivity contribution in [1.82, 2.24) is 20.4 Å². The van der Waals surface area contributed by atoms with E-state index in [1.165, 1.54) is 22.7 Å². The molecule has 0 aliphatic heterocycles. The standard InChI is InChI=1S/C27H29N5O3S2/c1-35-22-11-7-10-20(16-22)14-15-21(33)18-26-31-29-24(36-26)12-5-6-13-25-30-32-27(37-25)28-23(34)17-19-8-3-2-4-9-19/h2-4,7-11,16H,5-6,12-15,17-18H2,1H3,(H,28,32,34). The maximum atomic E-state index is 12.4. The van der Waals surface area contributed by atoms with Crippen molar-refractivity contribution in [3.63, 3.8) is 0 Å². The summed E-state index contributed by atoms with van der Waals surface area (Å²) in [7, 11) is 1.64. The van der Waals surface area contributed by atoms with Gasteiger partial charge >= 0.3 is 0 Å². The van der Waals surface area contributed by atoms with Gasteiger partial charge in [0.15, 0.2) is 0 Å². The second-order valence-corrected chi connectivity index (χ2v) is 10.8. The number of aryl methyl sites for hydroxylation is 3. The van der Waals surface area contributed by atoms with E-state index in [9.17, 15) is 9.59 Å². The van der Waals surface area contributed by atoms with Gasteiger partial charge in [-0.3, -0.25) is 9.59 Å². The van der Waals surface area contributed by atoms with E-state index in [1.54, 1.807) is 7.11 Å². The summed E-state index contributed by atoms with van der Waals surface area (Å²) in [6.07, 6.45) is 5.27. The Morgan fingerprint density at radius 2 is 1.49 bits per heavy atom. The van der Waals surface area contributed by atoms with Crippen LogP contribution < -0.4 is 10.1 Å². The van der Waals surface area contributed by atoms with Crippen LogP contribution in [-0.2, 0) is 41.7 Å². The Labute approximate surface area is 224 Å². The molecule has 0 spiro atoms. The van der Waals surface area contributed by atoms with Gasteiger partial charge in [0.2, 0.25) is 11.0 Å². The van der Waals surface area contributed by atoms with Crippen molar-refractivity contribution >= 4 is 39.5 Å².